The predicted molar refractivity (Wildman–Crippen MR) is 77.5 cm³/mol. The molecule has 0 aliphatic carbocycles. The van der Waals surface area contributed by atoms with Gasteiger partial charge in [-0.15, -0.1) is 0 Å². The third-order valence-electron chi connectivity index (χ3n) is 3.19. The summed E-state index contributed by atoms with van der Waals surface area (Å²) in [6.45, 7) is 5.75. The molecule has 7 heteroatoms. The maximum Gasteiger partial charge on any atom is 0.329 e. The summed E-state index contributed by atoms with van der Waals surface area (Å²) in [6.07, 6.45) is 1.80. The van der Waals surface area contributed by atoms with Crippen LogP contribution in [0, 0.1) is 6.92 Å². The third kappa shape index (κ3) is 2.56. The fourth-order valence-electron chi connectivity index (χ4n) is 2.18. The number of hydrogen-bond acceptors (Lipinski definition) is 3. The molecule has 0 spiro atoms. The van der Waals surface area contributed by atoms with Gasteiger partial charge >= 0.3 is 5.69 Å². The van der Waals surface area contributed by atoms with Crippen molar-refractivity contribution >= 4 is 11.6 Å². The summed E-state index contributed by atoms with van der Waals surface area (Å²) < 4.78 is 2.81. The number of aromatic amines is 1. The fourth-order valence-corrected chi connectivity index (χ4v) is 2.56. The van der Waals surface area contributed by atoms with Gasteiger partial charge in [-0.3, -0.25) is 19.0 Å². The van der Waals surface area contributed by atoms with Crippen LogP contribution in [0.1, 0.15) is 36.6 Å². The van der Waals surface area contributed by atoms with Crippen molar-refractivity contribution in [1.29, 1.82) is 0 Å². The summed E-state index contributed by atoms with van der Waals surface area (Å²) in [5, 5.41) is 4.32. The second-order valence-corrected chi connectivity index (χ2v) is 5.50. The van der Waals surface area contributed by atoms with E-state index in [0.29, 0.717) is 5.56 Å². The van der Waals surface area contributed by atoms with E-state index in [2.05, 4.69) is 10.1 Å². The molecule has 0 amide bonds. The molecule has 2 aromatic heterocycles. The summed E-state index contributed by atoms with van der Waals surface area (Å²) in [7, 11) is 1.80. The van der Waals surface area contributed by atoms with Crippen molar-refractivity contribution in [1.82, 2.24) is 19.3 Å². The van der Waals surface area contributed by atoms with E-state index in [1.807, 2.05) is 20.8 Å². The quantitative estimate of drug-likeness (QED) is 0.870. The number of H-pyrrole nitrogens is 1. The summed E-state index contributed by atoms with van der Waals surface area (Å²) in [6, 6.07) is 0. The van der Waals surface area contributed by atoms with Gasteiger partial charge in [0.15, 0.2) is 0 Å². The molecule has 0 aromatic carbocycles. The highest BCUT2D eigenvalue weighted by Crippen LogP contribution is 2.16. The van der Waals surface area contributed by atoms with Gasteiger partial charge in [0, 0.05) is 18.8 Å². The molecule has 0 bridgehead atoms. The lowest BCUT2D eigenvalue weighted by Gasteiger charge is -2.10. The Kier molecular flexibility index (Phi) is 3.85. The Morgan fingerprint density at radius 2 is 2.05 bits per heavy atom. The molecule has 2 heterocycles. The van der Waals surface area contributed by atoms with Crippen LogP contribution < -0.4 is 11.2 Å². The minimum Gasteiger partial charge on any atom is -0.297 e. The molecule has 1 N–H and O–H groups in total. The zero-order chi connectivity index (χ0) is 15.0. The Hall–Kier alpha value is -1.82. The van der Waals surface area contributed by atoms with Crippen LogP contribution in [-0.2, 0) is 13.6 Å². The number of halogens is 1. The Balaban J connectivity index is 2.58. The maximum atomic E-state index is 12.4. The molecule has 2 rings (SSSR count). The van der Waals surface area contributed by atoms with Gasteiger partial charge in [-0.25, -0.2) is 4.79 Å². The lowest BCUT2D eigenvalue weighted by molar-refractivity contribution is 0.668. The molecule has 108 valence electrons. The number of hydrogen-bond donors (Lipinski definition) is 1. The Bertz CT molecular complexity index is 755. The summed E-state index contributed by atoms with van der Waals surface area (Å²) >= 11 is 5.95. The van der Waals surface area contributed by atoms with Crippen LogP contribution >= 0.6 is 11.6 Å². The molecular formula is C13H17ClN4O2. The molecule has 0 unspecified atom stereocenters. The molecule has 2 aromatic rings. The van der Waals surface area contributed by atoms with Gasteiger partial charge in [0.1, 0.15) is 5.15 Å². The van der Waals surface area contributed by atoms with Crippen LogP contribution in [0.3, 0.4) is 0 Å². The van der Waals surface area contributed by atoms with Gasteiger partial charge in [-0.1, -0.05) is 25.4 Å². The average molecular weight is 297 g/mol. The van der Waals surface area contributed by atoms with Crippen molar-refractivity contribution in [2.24, 2.45) is 7.05 Å². The SMILES string of the molecule is Cc1nn(C)cc1Cn1c(=O)[nH]c(Cl)c(C(C)C)c1=O. The highest BCUT2D eigenvalue weighted by atomic mass is 35.5. The summed E-state index contributed by atoms with van der Waals surface area (Å²) in [5.74, 6) is -0.0619. The van der Waals surface area contributed by atoms with E-state index in [1.54, 1.807) is 17.9 Å². The molecule has 0 aliphatic rings. The monoisotopic (exact) mass is 296 g/mol. The lowest BCUT2D eigenvalue weighted by atomic mass is 10.1. The van der Waals surface area contributed by atoms with E-state index in [9.17, 15) is 9.59 Å². The Morgan fingerprint density at radius 3 is 2.55 bits per heavy atom. The maximum absolute atomic E-state index is 12.4. The van der Waals surface area contributed by atoms with Gasteiger partial charge in [0.2, 0.25) is 0 Å². The van der Waals surface area contributed by atoms with Crippen molar-refractivity contribution in [3.63, 3.8) is 0 Å². The largest absolute Gasteiger partial charge is 0.329 e. The van der Waals surface area contributed by atoms with Gasteiger partial charge in [-0.2, -0.15) is 5.10 Å². The number of rotatable bonds is 3. The minimum atomic E-state index is -0.507. The predicted octanol–water partition coefficient (Wildman–Crippen LogP) is 1.40. The van der Waals surface area contributed by atoms with E-state index < -0.39 is 5.69 Å². The highest BCUT2D eigenvalue weighted by Gasteiger charge is 2.16. The van der Waals surface area contributed by atoms with Crippen molar-refractivity contribution in [3.8, 4) is 0 Å². The molecule has 0 fully saturated rings. The van der Waals surface area contributed by atoms with Crippen LogP contribution in [-0.4, -0.2) is 19.3 Å². The first kappa shape index (κ1) is 14.6. The second-order valence-electron chi connectivity index (χ2n) is 5.12. The van der Waals surface area contributed by atoms with Crippen molar-refractivity contribution in [2.75, 3.05) is 0 Å². The third-order valence-corrected chi connectivity index (χ3v) is 3.49. The number of aryl methyl sites for hydroxylation is 2. The molecule has 0 saturated heterocycles. The smallest absolute Gasteiger partial charge is 0.297 e. The standard InChI is InChI=1S/C13H17ClN4O2/c1-7(2)10-11(14)15-13(20)18(12(10)19)6-9-5-17(4)16-8(9)3/h5,7H,6H2,1-4H3,(H,15,20). The number of nitrogens with zero attached hydrogens (tertiary/aromatic N) is 3. The van der Waals surface area contributed by atoms with Crippen molar-refractivity contribution in [3.05, 3.63) is 49.0 Å². The zero-order valence-corrected chi connectivity index (χ0v) is 12.7. The van der Waals surface area contributed by atoms with Crippen molar-refractivity contribution in [2.45, 2.75) is 33.2 Å². The number of nitrogens with one attached hydrogen (secondary N) is 1. The first-order chi connectivity index (χ1) is 9.31. The van der Waals surface area contributed by atoms with E-state index in [1.165, 1.54) is 0 Å². The summed E-state index contributed by atoms with van der Waals surface area (Å²) in [4.78, 5) is 26.9. The van der Waals surface area contributed by atoms with Gasteiger partial charge < -0.3 is 0 Å². The van der Waals surface area contributed by atoms with E-state index in [0.717, 1.165) is 15.8 Å². The Morgan fingerprint density at radius 1 is 1.40 bits per heavy atom. The van der Waals surface area contributed by atoms with Crippen LogP contribution in [0.5, 0.6) is 0 Å². The Labute approximate surface area is 121 Å². The number of aromatic nitrogens is 4. The molecule has 0 saturated carbocycles. The lowest BCUT2D eigenvalue weighted by Crippen LogP contribution is -2.38. The average Bonchev–Trinajstić information content (AvgIpc) is 2.62. The summed E-state index contributed by atoms with van der Waals surface area (Å²) in [5.41, 5.74) is 1.19. The zero-order valence-electron chi connectivity index (χ0n) is 11.9. The normalized spacial score (nSPS) is 11.3. The molecule has 6 nitrogen and oxygen atoms in total. The minimum absolute atomic E-state index is 0.0619. The van der Waals surface area contributed by atoms with Crippen LogP contribution in [0.25, 0.3) is 0 Å². The first-order valence-corrected chi connectivity index (χ1v) is 6.70. The van der Waals surface area contributed by atoms with Gasteiger partial charge in [0.25, 0.3) is 5.56 Å². The van der Waals surface area contributed by atoms with Crippen LogP contribution in [0.4, 0.5) is 0 Å². The van der Waals surface area contributed by atoms with Gasteiger partial charge in [-0.05, 0) is 12.8 Å². The fraction of sp³-hybridized carbons (Fsp3) is 0.462. The van der Waals surface area contributed by atoms with E-state index >= 15 is 0 Å². The molecular weight excluding hydrogens is 280 g/mol. The van der Waals surface area contributed by atoms with Crippen LogP contribution in [0.15, 0.2) is 15.8 Å². The van der Waals surface area contributed by atoms with Crippen LogP contribution in [0.2, 0.25) is 5.15 Å². The molecule has 20 heavy (non-hydrogen) atoms. The van der Waals surface area contributed by atoms with E-state index in [4.69, 9.17) is 11.6 Å². The van der Waals surface area contributed by atoms with Crippen molar-refractivity contribution < 1.29 is 0 Å². The van der Waals surface area contributed by atoms with Gasteiger partial charge in [0.05, 0.1) is 17.8 Å². The van der Waals surface area contributed by atoms with E-state index in [-0.39, 0.29) is 23.2 Å². The topological polar surface area (TPSA) is 72.7 Å². The highest BCUT2D eigenvalue weighted by molar-refractivity contribution is 6.30. The molecule has 0 radical (unpaired) electrons. The molecule has 0 atom stereocenters. The first-order valence-electron chi connectivity index (χ1n) is 6.33. The molecule has 0 aliphatic heterocycles. The second kappa shape index (κ2) is 5.28.